The van der Waals surface area contributed by atoms with E-state index < -0.39 is 0 Å². The van der Waals surface area contributed by atoms with E-state index in [2.05, 4.69) is 277 Å². The van der Waals surface area contributed by atoms with E-state index >= 15 is 0 Å². The van der Waals surface area contributed by atoms with E-state index in [1.54, 1.807) is 0 Å². The summed E-state index contributed by atoms with van der Waals surface area (Å²) in [4.78, 5) is 21.1. The number of aromatic nitrogens is 5. The van der Waals surface area contributed by atoms with Crippen LogP contribution in [0.4, 0.5) is 0 Å². The zero-order chi connectivity index (χ0) is 54.7. The first-order valence-corrected chi connectivity index (χ1v) is 28.1. The van der Waals surface area contributed by atoms with Gasteiger partial charge >= 0.3 is 0 Å². The molecule has 0 unspecified atom stereocenters. The summed E-state index contributed by atoms with van der Waals surface area (Å²) in [6, 6.07) is 84.0. The Labute approximate surface area is 473 Å². The second-order valence-corrected chi connectivity index (χ2v) is 23.2. The molecule has 0 aliphatic heterocycles. The Balaban J connectivity index is 0.852. The first-order valence-electron chi connectivity index (χ1n) is 28.1. The van der Waals surface area contributed by atoms with Crippen molar-refractivity contribution in [3.8, 4) is 107 Å². The summed E-state index contributed by atoms with van der Waals surface area (Å²) in [6.07, 6.45) is 1.92. The number of hydrogen-bond donors (Lipinski definition) is 0. The lowest BCUT2D eigenvalue weighted by atomic mass is 9.82. The van der Waals surface area contributed by atoms with Gasteiger partial charge in [0.2, 0.25) is 0 Å². The number of para-hydroxylation sites is 2. The Kier molecular flexibility index (Phi) is 11.0. The third-order valence-corrected chi connectivity index (χ3v) is 17.4. The second-order valence-electron chi connectivity index (χ2n) is 23.2. The van der Waals surface area contributed by atoms with Gasteiger partial charge in [0.1, 0.15) is 0 Å². The van der Waals surface area contributed by atoms with E-state index in [4.69, 9.17) is 19.9 Å². The van der Waals surface area contributed by atoms with Crippen LogP contribution in [-0.4, -0.2) is 24.5 Å². The number of fused-ring (bicyclic) bond motifs is 9. The third-order valence-electron chi connectivity index (χ3n) is 17.4. The fourth-order valence-corrected chi connectivity index (χ4v) is 13.4. The molecule has 0 amide bonds. The van der Waals surface area contributed by atoms with Crippen molar-refractivity contribution in [2.24, 2.45) is 0 Å². The molecule has 13 aromatic rings. The van der Waals surface area contributed by atoms with Crippen LogP contribution in [0.2, 0.25) is 0 Å². The highest BCUT2D eigenvalue weighted by molar-refractivity contribution is 6.09. The summed E-state index contributed by atoms with van der Waals surface area (Å²) in [7, 11) is 0. The zero-order valence-corrected chi connectivity index (χ0v) is 46.3. The van der Waals surface area contributed by atoms with Gasteiger partial charge in [-0.15, -0.1) is 0 Å². The van der Waals surface area contributed by atoms with Crippen molar-refractivity contribution in [3.05, 3.63) is 270 Å². The Bertz CT molecular complexity index is 4510. The van der Waals surface area contributed by atoms with E-state index in [0.29, 0.717) is 17.5 Å². The van der Waals surface area contributed by atoms with Crippen molar-refractivity contribution in [2.75, 3.05) is 0 Å². The van der Waals surface area contributed by atoms with Gasteiger partial charge < -0.3 is 4.57 Å². The summed E-state index contributed by atoms with van der Waals surface area (Å²) in [6.45, 7) is 13.6. The molecule has 0 spiro atoms. The van der Waals surface area contributed by atoms with Gasteiger partial charge in [0.25, 0.3) is 0 Å². The highest BCUT2D eigenvalue weighted by Gasteiger charge is 2.37. The van der Waals surface area contributed by atoms with Gasteiger partial charge in [-0.05, 0) is 146 Å². The average Bonchev–Trinajstić information content (AvgIpc) is 4.27. The molecule has 0 radical (unpaired) electrons. The lowest BCUT2D eigenvalue weighted by Crippen LogP contribution is -2.14. The molecule has 3 heterocycles. The van der Waals surface area contributed by atoms with Crippen molar-refractivity contribution in [1.29, 1.82) is 0 Å². The van der Waals surface area contributed by atoms with Crippen LogP contribution in [0.5, 0.6) is 0 Å². The number of nitrogens with zero attached hydrogens (tertiary/aromatic N) is 5. The first kappa shape index (κ1) is 48.3. The van der Waals surface area contributed by atoms with Crippen molar-refractivity contribution in [3.63, 3.8) is 0 Å². The normalized spacial score (nSPS) is 13.5. The molecular weight excluding hydrogens is 983 g/mol. The predicted molar refractivity (Wildman–Crippen MR) is 335 cm³/mol. The van der Waals surface area contributed by atoms with Crippen molar-refractivity contribution in [2.45, 2.75) is 52.4 Å². The average molecular weight is 1040 g/mol. The van der Waals surface area contributed by atoms with Crippen molar-refractivity contribution >= 4 is 21.8 Å². The molecule has 0 bridgehead atoms. The molecule has 5 nitrogen and oxygen atoms in total. The summed E-state index contributed by atoms with van der Waals surface area (Å²) in [5.41, 5.74) is 27.5. The van der Waals surface area contributed by atoms with Crippen LogP contribution in [0, 0.1) is 13.8 Å². The molecule has 0 saturated heterocycles. The van der Waals surface area contributed by atoms with Crippen LogP contribution in [0.3, 0.4) is 0 Å². The first-order chi connectivity index (χ1) is 39.5. The molecule has 3 aromatic heterocycles. The van der Waals surface area contributed by atoms with Gasteiger partial charge in [0.15, 0.2) is 17.5 Å². The van der Waals surface area contributed by atoms with E-state index in [1.165, 1.54) is 94.1 Å². The molecule has 2 aliphatic rings. The van der Waals surface area contributed by atoms with Crippen LogP contribution >= 0.6 is 0 Å². The Morgan fingerprint density at radius 2 is 0.741 bits per heavy atom. The summed E-state index contributed by atoms with van der Waals surface area (Å²) >= 11 is 0. The van der Waals surface area contributed by atoms with Gasteiger partial charge in [-0.2, -0.15) is 0 Å². The molecule has 10 aromatic carbocycles. The number of pyridine rings is 1. The summed E-state index contributed by atoms with van der Waals surface area (Å²) < 4.78 is 2.38. The van der Waals surface area contributed by atoms with Crippen molar-refractivity contribution in [1.82, 2.24) is 24.5 Å². The van der Waals surface area contributed by atoms with E-state index in [-0.39, 0.29) is 10.8 Å². The lowest BCUT2D eigenvalue weighted by Gasteiger charge is -2.21. The number of rotatable bonds is 8. The number of benzene rings is 10. The molecule has 0 saturated carbocycles. The maximum Gasteiger partial charge on any atom is 0.165 e. The molecule has 15 rings (SSSR count). The zero-order valence-electron chi connectivity index (χ0n) is 46.3. The highest BCUT2D eigenvalue weighted by atomic mass is 15.0. The van der Waals surface area contributed by atoms with Gasteiger partial charge in [-0.25, -0.2) is 15.0 Å². The molecule has 0 N–H and O–H groups in total. The molecule has 0 fully saturated rings. The van der Waals surface area contributed by atoms with Crippen LogP contribution in [0.25, 0.3) is 129 Å². The fraction of sp³-hybridized carbons (Fsp3) is 0.105. The minimum Gasteiger partial charge on any atom is -0.309 e. The van der Waals surface area contributed by atoms with Gasteiger partial charge in [-0.1, -0.05) is 215 Å². The minimum absolute atomic E-state index is 0.118. The molecular formula is C76H57N5. The number of aryl methyl sites for hydroxylation is 2. The van der Waals surface area contributed by atoms with Crippen LogP contribution < -0.4 is 0 Å². The third kappa shape index (κ3) is 7.82. The summed E-state index contributed by atoms with van der Waals surface area (Å²) in [5, 5.41) is 2.49. The van der Waals surface area contributed by atoms with E-state index in [0.717, 1.165) is 50.3 Å². The number of hydrogen-bond acceptors (Lipinski definition) is 4. The van der Waals surface area contributed by atoms with E-state index in [9.17, 15) is 0 Å². The fourth-order valence-electron chi connectivity index (χ4n) is 13.4. The van der Waals surface area contributed by atoms with Crippen LogP contribution in [0.15, 0.2) is 237 Å². The topological polar surface area (TPSA) is 56.5 Å². The molecule has 386 valence electrons. The molecule has 2 aliphatic carbocycles. The van der Waals surface area contributed by atoms with Gasteiger partial charge in [-0.3, -0.25) is 4.98 Å². The smallest absolute Gasteiger partial charge is 0.165 e. The molecule has 81 heavy (non-hydrogen) atoms. The predicted octanol–water partition coefficient (Wildman–Crippen LogP) is 19.3. The summed E-state index contributed by atoms with van der Waals surface area (Å²) in [5.74, 6) is 1.81. The highest BCUT2D eigenvalue weighted by Crippen LogP contribution is 2.51. The monoisotopic (exact) mass is 1040 g/mol. The van der Waals surface area contributed by atoms with Crippen molar-refractivity contribution < 1.29 is 0 Å². The van der Waals surface area contributed by atoms with Crippen LogP contribution in [-0.2, 0) is 10.8 Å². The Morgan fingerprint density at radius 3 is 1.30 bits per heavy atom. The maximum absolute atomic E-state index is 5.31. The van der Waals surface area contributed by atoms with E-state index in [1.807, 2.05) is 6.20 Å². The lowest BCUT2D eigenvalue weighted by molar-refractivity contribution is 0.660. The SMILES string of the molecule is Cc1cc(C)cc(-c2ccccc2-c2ccc(-c3ccc(-c4nc(-c5ccc6c(c5)-c5ccccc5C6(C)C)nc(-c5ccc6c(c5)-c5ccccc5C6(C)C)n4)cn3)cc2-c2ccc(-n3c4ccccc4c4ccccc43)cc2)c1. The Morgan fingerprint density at radius 1 is 0.309 bits per heavy atom. The van der Waals surface area contributed by atoms with Gasteiger partial charge in [0, 0.05) is 55.7 Å². The molecule has 5 heteroatoms. The second kappa shape index (κ2) is 18.4. The van der Waals surface area contributed by atoms with Gasteiger partial charge in [0.05, 0.1) is 16.7 Å². The largest absolute Gasteiger partial charge is 0.309 e. The molecule has 0 atom stereocenters. The van der Waals surface area contributed by atoms with Crippen LogP contribution in [0.1, 0.15) is 61.1 Å². The quantitative estimate of drug-likeness (QED) is 0.152. The Hall–Kier alpha value is -9.84. The standard InChI is InChI=1S/C76H57N5/c1-46-39-47(2)41-53(40-46)55-17-7-8-18-56(55)57-35-29-49(42-62(57)48-27-33-54(34-28-48)81-70-25-15-11-21-60(70)61-22-12-16-26-71(61)81)69-38-32-52(45-77-69)74-79-72(50-30-36-67-63(43-50)58-19-9-13-23-65(58)75(67,3)4)78-73(80-74)51-31-37-68-64(44-51)59-20-10-14-24-66(59)76(68,5)6/h7-45H,1-6H3. The minimum atomic E-state index is -0.118. The maximum atomic E-state index is 5.31.